The Morgan fingerprint density at radius 3 is 3.00 bits per heavy atom. The number of hydrogen-bond donors (Lipinski definition) is 1. The lowest BCUT2D eigenvalue weighted by Gasteiger charge is -2.16. The Morgan fingerprint density at radius 1 is 1.57 bits per heavy atom. The molecule has 74 valence electrons. The summed E-state index contributed by atoms with van der Waals surface area (Å²) in [5, 5.41) is 3.92. The molecule has 1 aromatic rings. The molecule has 0 bridgehead atoms. The highest BCUT2D eigenvalue weighted by atomic mass is 15.8. The maximum atomic E-state index is 4.31. The summed E-state index contributed by atoms with van der Waals surface area (Å²) in [4.78, 5) is 4.31. The standard InChI is InChI=1S/C10H14N4/c1-3-14-8-10(13(2)12-14)9-6-4-5-7-11-9/h4-7,10,12H,3H2,1-2H3. The Balaban J connectivity index is 2.13. The number of hydrogen-bond acceptors (Lipinski definition) is 4. The highest BCUT2D eigenvalue weighted by Gasteiger charge is 2.29. The second-order valence-corrected chi connectivity index (χ2v) is 3.24. The molecular weight excluding hydrogens is 176 g/mol. The van der Waals surface area contributed by atoms with Crippen molar-refractivity contribution in [3.05, 3.63) is 36.6 Å². The van der Waals surface area contributed by atoms with Gasteiger partial charge in [-0.05, 0) is 12.1 Å². The zero-order valence-corrected chi connectivity index (χ0v) is 8.44. The third-order valence-corrected chi connectivity index (χ3v) is 2.23. The van der Waals surface area contributed by atoms with Gasteiger partial charge in [-0.1, -0.05) is 13.0 Å². The number of hydrazine groups is 2. The van der Waals surface area contributed by atoms with Crippen LogP contribution in [0.3, 0.4) is 0 Å². The molecule has 2 rings (SSSR count). The summed E-state index contributed by atoms with van der Waals surface area (Å²) in [7, 11) is 1.99. The Hall–Kier alpha value is -0.970. The minimum absolute atomic E-state index is 0.108. The fraction of sp³-hybridized carbons (Fsp3) is 0.400. The first-order chi connectivity index (χ1) is 6.81. The second-order valence-electron chi connectivity index (χ2n) is 3.24. The van der Waals surface area contributed by atoms with E-state index in [-0.39, 0.29) is 6.04 Å². The zero-order chi connectivity index (χ0) is 9.97. The minimum Gasteiger partial charge on any atom is -0.259 e. The van der Waals surface area contributed by atoms with Crippen LogP contribution in [0.4, 0.5) is 0 Å². The van der Waals surface area contributed by atoms with E-state index in [2.05, 4.69) is 24.0 Å². The van der Waals surface area contributed by atoms with Crippen LogP contribution < -0.4 is 5.53 Å². The van der Waals surface area contributed by atoms with Crippen molar-refractivity contribution in [3.8, 4) is 0 Å². The molecule has 0 saturated carbocycles. The van der Waals surface area contributed by atoms with Gasteiger partial charge in [-0.3, -0.25) is 4.98 Å². The van der Waals surface area contributed by atoms with Crippen molar-refractivity contribution in [2.45, 2.75) is 13.0 Å². The predicted octanol–water partition coefficient (Wildman–Crippen LogP) is 0.848. The zero-order valence-electron chi connectivity index (χ0n) is 8.44. The smallest absolute Gasteiger partial charge is 0.107 e. The van der Waals surface area contributed by atoms with E-state index in [9.17, 15) is 0 Å². The molecular formula is C10H14N4. The van der Waals surface area contributed by atoms with E-state index in [1.807, 2.05) is 35.3 Å². The molecule has 0 amide bonds. The molecule has 4 heteroatoms. The van der Waals surface area contributed by atoms with Crippen LogP contribution in [0.1, 0.15) is 18.7 Å². The van der Waals surface area contributed by atoms with Crippen LogP contribution >= 0.6 is 0 Å². The van der Waals surface area contributed by atoms with Crippen LogP contribution in [0.2, 0.25) is 0 Å². The highest BCUT2D eigenvalue weighted by Crippen LogP contribution is 2.24. The molecule has 14 heavy (non-hydrogen) atoms. The van der Waals surface area contributed by atoms with Gasteiger partial charge in [0.2, 0.25) is 0 Å². The third-order valence-electron chi connectivity index (χ3n) is 2.23. The lowest BCUT2D eigenvalue weighted by molar-refractivity contribution is 0.140. The van der Waals surface area contributed by atoms with Crippen molar-refractivity contribution in [3.63, 3.8) is 0 Å². The number of pyridine rings is 1. The van der Waals surface area contributed by atoms with E-state index in [4.69, 9.17) is 0 Å². The Labute approximate surface area is 84.5 Å². The average molecular weight is 190 g/mol. The van der Waals surface area contributed by atoms with Gasteiger partial charge < -0.3 is 0 Å². The number of nitrogens with one attached hydrogen (secondary N) is 1. The van der Waals surface area contributed by atoms with E-state index < -0.39 is 0 Å². The van der Waals surface area contributed by atoms with Crippen molar-refractivity contribution in [1.82, 2.24) is 20.5 Å². The largest absolute Gasteiger partial charge is 0.259 e. The highest BCUT2D eigenvalue weighted by molar-refractivity contribution is 5.13. The van der Waals surface area contributed by atoms with Gasteiger partial charge in [-0.2, -0.15) is 5.53 Å². The number of aromatic nitrogens is 1. The number of nitrogens with zero attached hydrogens (tertiary/aromatic N) is 3. The lowest BCUT2D eigenvalue weighted by Crippen LogP contribution is -2.36. The maximum absolute atomic E-state index is 4.31. The molecule has 1 fully saturated rings. The molecule has 1 atom stereocenters. The van der Waals surface area contributed by atoms with Gasteiger partial charge in [0.1, 0.15) is 6.54 Å². The van der Waals surface area contributed by atoms with E-state index in [0.717, 1.165) is 12.2 Å². The van der Waals surface area contributed by atoms with Gasteiger partial charge >= 0.3 is 0 Å². The minimum atomic E-state index is 0.108. The predicted molar refractivity (Wildman–Crippen MR) is 53.5 cm³/mol. The molecule has 1 aliphatic rings. The molecule has 2 radical (unpaired) electrons. The average Bonchev–Trinajstić information content (AvgIpc) is 2.61. The monoisotopic (exact) mass is 190 g/mol. The summed E-state index contributed by atoms with van der Waals surface area (Å²) >= 11 is 0. The molecule has 0 aromatic carbocycles. The molecule has 2 heterocycles. The normalized spacial score (nSPS) is 24.3. The molecule has 0 aliphatic carbocycles. The molecule has 1 saturated heterocycles. The SMILES string of the molecule is CCN1[C]C(c2ccccn2)N(C)N1. The topological polar surface area (TPSA) is 31.4 Å². The number of likely N-dealkylation sites (N-methyl/N-ethyl adjacent to an activating group) is 2. The Morgan fingerprint density at radius 2 is 2.43 bits per heavy atom. The summed E-state index contributed by atoms with van der Waals surface area (Å²) in [5.74, 6) is 0. The van der Waals surface area contributed by atoms with E-state index in [0.29, 0.717) is 0 Å². The molecule has 4 nitrogen and oxygen atoms in total. The van der Waals surface area contributed by atoms with Crippen molar-refractivity contribution in [2.75, 3.05) is 13.6 Å². The van der Waals surface area contributed by atoms with Crippen LogP contribution in [0.15, 0.2) is 24.4 Å². The molecule has 1 N–H and O–H groups in total. The maximum Gasteiger partial charge on any atom is 0.107 e. The second kappa shape index (κ2) is 4.04. The van der Waals surface area contributed by atoms with Gasteiger partial charge in [-0.15, -0.1) is 0 Å². The van der Waals surface area contributed by atoms with E-state index >= 15 is 0 Å². The first kappa shape index (κ1) is 9.58. The number of rotatable bonds is 2. The van der Waals surface area contributed by atoms with Crippen LogP contribution in [-0.4, -0.2) is 28.6 Å². The summed E-state index contributed by atoms with van der Waals surface area (Å²) in [5.41, 5.74) is 4.18. The quantitative estimate of drug-likeness (QED) is 0.749. The Bertz CT molecular complexity index is 287. The van der Waals surface area contributed by atoms with Crippen molar-refractivity contribution < 1.29 is 0 Å². The first-order valence-corrected chi connectivity index (χ1v) is 4.75. The van der Waals surface area contributed by atoms with Crippen molar-refractivity contribution in [2.24, 2.45) is 0 Å². The summed E-state index contributed by atoms with van der Waals surface area (Å²) in [6.45, 7) is 6.27. The van der Waals surface area contributed by atoms with E-state index in [1.54, 1.807) is 6.20 Å². The third kappa shape index (κ3) is 1.77. The molecule has 1 aromatic heterocycles. The Kier molecular flexibility index (Phi) is 2.77. The fourth-order valence-corrected chi connectivity index (χ4v) is 1.48. The van der Waals surface area contributed by atoms with E-state index in [1.165, 1.54) is 0 Å². The molecule has 1 unspecified atom stereocenters. The lowest BCUT2D eigenvalue weighted by atomic mass is 10.2. The van der Waals surface area contributed by atoms with Crippen LogP contribution in [0.5, 0.6) is 0 Å². The van der Waals surface area contributed by atoms with Crippen molar-refractivity contribution >= 4 is 0 Å². The van der Waals surface area contributed by atoms with Crippen LogP contribution in [0.25, 0.3) is 0 Å². The van der Waals surface area contributed by atoms with Gasteiger partial charge in [-0.25, -0.2) is 10.0 Å². The van der Waals surface area contributed by atoms with Gasteiger partial charge in [0.05, 0.1) is 11.7 Å². The van der Waals surface area contributed by atoms with Crippen LogP contribution in [0, 0.1) is 6.54 Å². The fourth-order valence-electron chi connectivity index (χ4n) is 1.48. The van der Waals surface area contributed by atoms with Gasteiger partial charge in [0, 0.05) is 19.8 Å². The van der Waals surface area contributed by atoms with Gasteiger partial charge in [0.15, 0.2) is 0 Å². The van der Waals surface area contributed by atoms with Crippen molar-refractivity contribution in [1.29, 1.82) is 0 Å². The van der Waals surface area contributed by atoms with Gasteiger partial charge in [0.25, 0.3) is 0 Å². The summed E-state index contributed by atoms with van der Waals surface area (Å²) in [6.07, 6.45) is 1.81. The van der Waals surface area contributed by atoms with Crippen LogP contribution in [-0.2, 0) is 0 Å². The first-order valence-electron chi connectivity index (χ1n) is 4.75. The molecule has 0 spiro atoms. The molecule has 1 aliphatic heterocycles. The summed E-state index contributed by atoms with van der Waals surface area (Å²) in [6, 6.07) is 6.03. The summed E-state index contributed by atoms with van der Waals surface area (Å²) < 4.78 is 0.